The molecule has 3 heterocycles. The Labute approximate surface area is 477 Å². The van der Waals surface area contributed by atoms with Gasteiger partial charge in [-0.15, -0.1) is 0 Å². The molecular formula is C58H72N12O9S2. The monoisotopic (exact) mass is 1140 g/mol. The topological polar surface area (TPSA) is 337 Å². The van der Waals surface area contributed by atoms with E-state index < -0.39 is 102 Å². The zero-order chi connectivity index (χ0) is 58.0. The highest BCUT2D eigenvalue weighted by Gasteiger charge is 2.36. The van der Waals surface area contributed by atoms with Gasteiger partial charge in [-0.2, -0.15) is 0 Å². The van der Waals surface area contributed by atoms with Crippen LogP contribution in [0.25, 0.3) is 21.8 Å². The number of carbonyl (C=O) groups is 8. The molecule has 430 valence electrons. The summed E-state index contributed by atoms with van der Waals surface area (Å²) >= 11 is 0. The molecule has 7 rings (SSSR count). The minimum absolute atomic E-state index is 0.0123. The number of phenolic OH excluding ortho intramolecular Hbond substituents is 1. The smallest absolute Gasteiger partial charge is 0.244 e. The normalized spacial score (nSPS) is 20.7. The number of likely N-dealkylation sites (N-methyl/N-ethyl adjacent to an activating group) is 1. The van der Waals surface area contributed by atoms with E-state index in [9.17, 15) is 43.5 Å². The van der Waals surface area contributed by atoms with Gasteiger partial charge in [-0.1, -0.05) is 114 Å². The van der Waals surface area contributed by atoms with Gasteiger partial charge in [0.05, 0.1) is 6.04 Å². The molecule has 0 saturated carbocycles. The number of fused-ring (bicyclic) bond motifs is 2. The van der Waals surface area contributed by atoms with Crippen LogP contribution in [0.4, 0.5) is 0 Å². The Morgan fingerprint density at radius 2 is 1.21 bits per heavy atom. The molecule has 8 amide bonds. The number of hydrogen-bond acceptors (Lipinski definition) is 13. The number of aromatic amines is 2. The van der Waals surface area contributed by atoms with E-state index in [1.807, 2.05) is 78.9 Å². The number of para-hydroxylation sites is 2. The lowest BCUT2D eigenvalue weighted by Crippen LogP contribution is -2.61. The van der Waals surface area contributed by atoms with Crippen LogP contribution in [0, 0.1) is 5.92 Å². The lowest BCUT2D eigenvalue weighted by atomic mass is 10.00. The second-order valence-corrected chi connectivity index (χ2v) is 22.9. The highest BCUT2D eigenvalue weighted by atomic mass is 33.1. The Morgan fingerprint density at radius 3 is 1.85 bits per heavy atom. The van der Waals surface area contributed by atoms with Gasteiger partial charge >= 0.3 is 0 Å². The Hall–Kier alpha value is -7.86. The Morgan fingerprint density at radius 1 is 0.630 bits per heavy atom. The lowest BCUT2D eigenvalue weighted by Gasteiger charge is -2.29. The molecule has 8 unspecified atom stereocenters. The summed E-state index contributed by atoms with van der Waals surface area (Å²) in [5.41, 5.74) is 16.1. The van der Waals surface area contributed by atoms with Gasteiger partial charge in [0.15, 0.2) is 0 Å². The summed E-state index contributed by atoms with van der Waals surface area (Å²) in [4.78, 5) is 122. The maximum atomic E-state index is 14.9. The van der Waals surface area contributed by atoms with Crippen molar-refractivity contribution in [2.24, 2.45) is 17.4 Å². The van der Waals surface area contributed by atoms with E-state index in [-0.39, 0.29) is 49.4 Å². The zero-order valence-corrected chi connectivity index (χ0v) is 47.1. The second kappa shape index (κ2) is 29.6. The second-order valence-electron chi connectivity index (χ2n) is 20.4. The standard InChI is InChI=1S/C58H72N12O9S2/c1-33(2)50-58(79)69-49(56(77)65-44(51(60)72)27-36-29-62-41-17-9-7-15-39(36)41)32-81-80-31-48(68-53(74)45(61-3)25-34-13-5-4-6-14-34)57(78)66-46(26-35-20-22-38(71)23-21-35)54(75)67-47(28-37-30-63-42-18-10-8-16-40(37)42)55(76)64-43(52(73)70-50)19-11-12-24-59/h4-10,13-18,20-23,29-30,33,43-50,61-63,71H,11-12,19,24-28,31-32,59H2,1-3H3,(H2,60,72)(H,64,76)(H,65,77)(H,66,78)(H,67,75)(H,68,74)(H,69,79)(H,70,73). The summed E-state index contributed by atoms with van der Waals surface area (Å²) in [7, 11) is 3.80. The molecule has 0 bridgehead atoms. The number of amides is 8. The number of aromatic nitrogens is 2. The number of nitrogens with one attached hydrogen (secondary N) is 10. The van der Waals surface area contributed by atoms with Crippen molar-refractivity contribution in [3.05, 3.63) is 138 Å². The molecule has 4 aromatic carbocycles. The highest BCUT2D eigenvalue weighted by Crippen LogP contribution is 2.25. The number of benzene rings is 4. The van der Waals surface area contributed by atoms with Crippen molar-refractivity contribution in [1.82, 2.24) is 52.5 Å². The molecule has 21 nitrogen and oxygen atoms in total. The predicted octanol–water partition coefficient (Wildman–Crippen LogP) is 2.27. The molecule has 1 saturated heterocycles. The molecule has 23 heteroatoms. The third-order valence-corrected chi connectivity index (χ3v) is 16.5. The minimum Gasteiger partial charge on any atom is -0.508 e. The first-order chi connectivity index (χ1) is 39.0. The van der Waals surface area contributed by atoms with E-state index in [0.29, 0.717) is 36.1 Å². The predicted molar refractivity (Wildman–Crippen MR) is 314 cm³/mol. The molecule has 0 aliphatic carbocycles. The molecule has 1 aliphatic rings. The molecule has 1 aliphatic heterocycles. The van der Waals surface area contributed by atoms with Crippen molar-refractivity contribution in [2.45, 2.75) is 107 Å². The van der Waals surface area contributed by atoms with Crippen molar-refractivity contribution >= 4 is 90.7 Å². The molecule has 2 aromatic heterocycles. The average molecular weight is 1150 g/mol. The summed E-state index contributed by atoms with van der Waals surface area (Å²) in [5, 5.41) is 34.6. The Kier molecular flexibility index (Phi) is 22.2. The molecular weight excluding hydrogens is 1070 g/mol. The van der Waals surface area contributed by atoms with Crippen LogP contribution in [0.3, 0.4) is 0 Å². The van der Waals surface area contributed by atoms with E-state index in [0.717, 1.165) is 49.0 Å². The summed E-state index contributed by atoms with van der Waals surface area (Å²) in [5.74, 6) is -6.77. The van der Waals surface area contributed by atoms with Crippen LogP contribution in [0.5, 0.6) is 5.75 Å². The molecule has 81 heavy (non-hydrogen) atoms. The number of primary amides is 1. The van der Waals surface area contributed by atoms with Gasteiger partial charge < -0.3 is 69.1 Å². The maximum Gasteiger partial charge on any atom is 0.244 e. The van der Waals surface area contributed by atoms with Gasteiger partial charge in [-0.25, -0.2) is 0 Å². The number of nitrogens with two attached hydrogens (primary N) is 2. The van der Waals surface area contributed by atoms with Gasteiger partial charge in [0.25, 0.3) is 0 Å². The van der Waals surface area contributed by atoms with Crippen molar-refractivity contribution < 1.29 is 43.5 Å². The molecule has 0 radical (unpaired) electrons. The van der Waals surface area contributed by atoms with Crippen LogP contribution in [0.2, 0.25) is 0 Å². The fraction of sp³-hybridized carbons (Fsp3) is 0.379. The third kappa shape index (κ3) is 17.1. The van der Waals surface area contributed by atoms with Crippen molar-refractivity contribution in [3.63, 3.8) is 0 Å². The van der Waals surface area contributed by atoms with Crippen molar-refractivity contribution in [1.29, 1.82) is 0 Å². The maximum absolute atomic E-state index is 14.9. The van der Waals surface area contributed by atoms with Crippen LogP contribution in [0.1, 0.15) is 55.4 Å². The number of hydrogen-bond donors (Lipinski definition) is 13. The summed E-state index contributed by atoms with van der Waals surface area (Å²) in [6, 6.07) is 20.2. The fourth-order valence-corrected chi connectivity index (χ4v) is 11.8. The SMILES string of the molecule is CNC(Cc1ccccc1)C(=O)NC1CSSCC(C(=O)NC(Cc2c[nH]c3ccccc23)C(N)=O)NC(=O)C(C(C)C)NC(=O)C(CCCCN)NC(=O)C(Cc2c[nH]c3ccccc23)NC(=O)C(Cc2ccc(O)cc2)NC1=O. The van der Waals surface area contributed by atoms with Crippen LogP contribution in [0.15, 0.2) is 116 Å². The van der Waals surface area contributed by atoms with Gasteiger partial charge in [-0.05, 0) is 91.7 Å². The van der Waals surface area contributed by atoms with E-state index in [1.54, 1.807) is 45.4 Å². The zero-order valence-electron chi connectivity index (χ0n) is 45.4. The fourth-order valence-electron chi connectivity index (χ4n) is 9.50. The van der Waals surface area contributed by atoms with Crippen LogP contribution < -0.4 is 54.0 Å². The molecule has 8 atom stereocenters. The quantitative estimate of drug-likeness (QED) is 0.0410. The van der Waals surface area contributed by atoms with E-state index in [4.69, 9.17) is 11.5 Å². The number of unbranched alkanes of at least 4 members (excludes halogenated alkanes) is 1. The summed E-state index contributed by atoms with van der Waals surface area (Å²) in [6.07, 6.45) is 4.49. The van der Waals surface area contributed by atoms with Gasteiger partial charge in [0.1, 0.15) is 48.0 Å². The van der Waals surface area contributed by atoms with Crippen LogP contribution >= 0.6 is 21.6 Å². The summed E-state index contributed by atoms with van der Waals surface area (Å²) in [6.45, 7) is 3.70. The summed E-state index contributed by atoms with van der Waals surface area (Å²) < 4.78 is 0. The van der Waals surface area contributed by atoms with Crippen LogP contribution in [-0.2, 0) is 64.0 Å². The average Bonchev–Trinajstić information content (AvgIpc) is 4.08. The van der Waals surface area contributed by atoms with Gasteiger partial charge in [0, 0.05) is 65.0 Å². The Balaban J connectivity index is 1.26. The van der Waals surface area contributed by atoms with Crippen LogP contribution in [-0.4, -0.2) is 136 Å². The van der Waals surface area contributed by atoms with Gasteiger partial charge in [0.2, 0.25) is 47.3 Å². The molecule has 15 N–H and O–H groups in total. The first kappa shape index (κ1) is 60.8. The lowest BCUT2D eigenvalue weighted by molar-refractivity contribution is -0.136. The minimum atomic E-state index is -1.38. The first-order valence-corrected chi connectivity index (χ1v) is 29.5. The van der Waals surface area contributed by atoms with E-state index >= 15 is 0 Å². The molecule has 1 fully saturated rings. The van der Waals surface area contributed by atoms with E-state index in [2.05, 4.69) is 52.5 Å². The Bertz CT molecular complexity index is 3140. The molecule has 0 spiro atoms. The largest absolute Gasteiger partial charge is 0.508 e. The number of H-pyrrole nitrogens is 2. The number of carbonyl (C=O) groups excluding carboxylic acids is 8. The number of rotatable bonds is 19. The molecule has 6 aromatic rings. The van der Waals surface area contributed by atoms with Crippen molar-refractivity contribution in [2.75, 3.05) is 25.1 Å². The first-order valence-electron chi connectivity index (χ1n) is 27.0. The highest BCUT2D eigenvalue weighted by molar-refractivity contribution is 8.76. The third-order valence-electron chi connectivity index (χ3n) is 14.1. The number of aromatic hydroxyl groups is 1. The van der Waals surface area contributed by atoms with E-state index in [1.165, 1.54) is 12.1 Å². The van der Waals surface area contributed by atoms with Crippen molar-refractivity contribution in [3.8, 4) is 5.75 Å². The van der Waals surface area contributed by atoms with Gasteiger partial charge in [-0.3, -0.25) is 38.4 Å². The number of phenols is 1.